The zero-order valence-corrected chi connectivity index (χ0v) is 29.9. The summed E-state index contributed by atoms with van der Waals surface area (Å²) in [6.45, 7) is 13.1. The standard InChI is InChI=1S/C38H46BrN3O7/c1-6-9-15-30(44)40-21-29(25-13-11-10-12-14-25)48-37(47)31-32-35(45)42(26(8-3)22-43)34(38(32)20-27(39)33(31)49-38)36(46)41(18-7-2)28-19-23(4)16-17-24(28)5/h6-7,10-14,16-17,19,26-27,29,31-34,43H,1-2,8-9,15,18,20-22H2,3-5H3,(H,40,44)/t26-,27?,29-,31+,32-,33+,34+,38-/m0/s1. The van der Waals surface area contributed by atoms with Gasteiger partial charge < -0.3 is 29.7 Å². The van der Waals surface area contributed by atoms with E-state index >= 15 is 0 Å². The Morgan fingerprint density at radius 2 is 1.92 bits per heavy atom. The Morgan fingerprint density at radius 3 is 2.57 bits per heavy atom. The maximum atomic E-state index is 14.9. The molecule has 1 spiro atoms. The molecule has 262 valence electrons. The Kier molecular flexibility index (Phi) is 11.5. The number of nitrogens with one attached hydrogen (secondary N) is 1. The molecule has 3 amide bonds. The second kappa shape index (κ2) is 15.4. The SMILES string of the molecule is C=CCCC(=O)NC[C@H](OC(=O)[C@H]1[C@@H]2O[C@@]3(CC2Br)[C@@H]1C(=O)N([C@@H](CC)CO)[C@@H]3C(=O)N(CC=C)c1cc(C)ccc1C)c1ccccc1. The highest BCUT2D eigenvalue weighted by molar-refractivity contribution is 9.09. The number of rotatable bonds is 15. The van der Waals surface area contributed by atoms with Crippen LogP contribution in [0.25, 0.3) is 0 Å². The van der Waals surface area contributed by atoms with Crippen molar-refractivity contribution in [1.29, 1.82) is 0 Å². The van der Waals surface area contributed by atoms with Crippen molar-refractivity contribution in [3.8, 4) is 0 Å². The molecule has 2 aromatic rings. The summed E-state index contributed by atoms with van der Waals surface area (Å²) >= 11 is 3.72. The van der Waals surface area contributed by atoms with Crippen molar-refractivity contribution in [2.24, 2.45) is 11.8 Å². The molecule has 10 nitrogen and oxygen atoms in total. The molecule has 2 aromatic carbocycles. The minimum absolute atomic E-state index is 0.0352. The van der Waals surface area contributed by atoms with E-state index < -0.39 is 53.6 Å². The Balaban J connectivity index is 1.52. The fourth-order valence-electron chi connectivity index (χ4n) is 7.66. The number of alkyl halides is 1. The third kappa shape index (κ3) is 6.85. The molecule has 2 bridgehead atoms. The summed E-state index contributed by atoms with van der Waals surface area (Å²) in [5, 5.41) is 13.3. The van der Waals surface area contributed by atoms with Gasteiger partial charge in [-0.1, -0.05) is 77.5 Å². The van der Waals surface area contributed by atoms with Crippen LogP contribution in [0, 0.1) is 25.7 Å². The van der Waals surface area contributed by atoms with E-state index in [4.69, 9.17) is 9.47 Å². The van der Waals surface area contributed by atoms with Crippen LogP contribution in [0.4, 0.5) is 5.69 Å². The number of hydrogen-bond donors (Lipinski definition) is 2. The number of carbonyl (C=O) groups is 4. The van der Waals surface area contributed by atoms with Crippen LogP contribution in [0.2, 0.25) is 0 Å². The average molecular weight is 737 g/mol. The first-order valence-electron chi connectivity index (χ1n) is 16.9. The van der Waals surface area contributed by atoms with Gasteiger partial charge in [0, 0.05) is 23.5 Å². The largest absolute Gasteiger partial charge is 0.455 e. The third-order valence-electron chi connectivity index (χ3n) is 10.0. The van der Waals surface area contributed by atoms with Gasteiger partial charge in [-0.3, -0.25) is 19.2 Å². The molecule has 11 heteroatoms. The van der Waals surface area contributed by atoms with Crippen molar-refractivity contribution in [3.63, 3.8) is 0 Å². The predicted molar refractivity (Wildman–Crippen MR) is 190 cm³/mol. The average Bonchev–Trinajstić information content (AvgIpc) is 3.69. The number of hydrogen-bond acceptors (Lipinski definition) is 7. The predicted octanol–water partition coefficient (Wildman–Crippen LogP) is 4.71. The maximum absolute atomic E-state index is 14.9. The number of fused-ring (bicyclic) bond motifs is 1. The maximum Gasteiger partial charge on any atom is 0.313 e. The Morgan fingerprint density at radius 1 is 1.18 bits per heavy atom. The Hall–Kier alpha value is -3.80. The molecule has 3 heterocycles. The minimum atomic E-state index is -1.35. The van der Waals surface area contributed by atoms with Gasteiger partial charge in [0.15, 0.2) is 0 Å². The lowest BCUT2D eigenvalue weighted by atomic mass is 9.70. The first kappa shape index (κ1) is 36.5. The molecule has 0 radical (unpaired) electrons. The molecule has 3 saturated heterocycles. The van der Waals surface area contributed by atoms with Crippen molar-refractivity contribution in [2.45, 2.75) is 81.2 Å². The number of halogens is 1. The van der Waals surface area contributed by atoms with Crippen LogP contribution < -0.4 is 10.2 Å². The zero-order chi connectivity index (χ0) is 35.5. The lowest BCUT2D eigenvalue weighted by Gasteiger charge is -2.39. The number of carbonyl (C=O) groups excluding carboxylic acids is 4. The van der Waals surface area contributed by atoms with E-state index in [9.17, 15) is 24.3 Å². The zero-order valence-electron chi connectivity index (χ0n) is 28.3. The lowest BCUT2D eigenvalue weighted by Crippen LogP contribution is -2.59. The van der Waals surface area contributed by atoms with Crippen LogP contribution in [0.1, 0.15) is 55.4 Å². The van der Waals surface area contributed by atoms with Crippen molar-refractivity contribution < 1.29 is 33.8 Å². The molecule has 3 aliphatic rings. The number of aryl methyl sites for hydroxylation is 2. The molecule has 0 saturated carbocycles. The highest BCUT2D eigenvalue weighted by atomic mass is 79.9. The van der Waals surface area contributed by atoms with Gasteiger partial charge in [0.2, 0.25) is 11.8 Å². The van der Waals surface area contributed by atoms with E-state index in [0.717, 1.165) is 11.1 Å². The summed E-state index contributed by atoms with van der Waals surface area (Å²) in [6, 6.07) is 13.2. The van der Waals surface area contributed by atoms with Gasteiger partial charge >= 0.3 is 5.97 Å². The number of esters is 1. The summed E-state index contributed by atoms with van der Waals surface area (Å²) in [7, 11) is 0. The molecule has 0 aromatic heterocycles. The third-order valence-corrected chi connectivity index (χ3v) is 10.9. The van der Waals surface area contributed by atoms with Crippen molar-refractivity contribution in [2.75, 3.05) is 24.6 Å². The van der Waals surface area contributed by atoms with Gasteiger partial charge in [0.05, 0.1) is 37.1 Å². The van der Waals surface area contributed by atoms with E-state index in [1.54, 1.807) is 17.1 Å². The number of likely N-dealkylation sites (tertiary alicyclic amines) is 1. The quantitative estimate of drug-likeness (QED) is 0.154. The molecule has 2 N–H and O–H groups in total. The molecule has 5 rings (SSSR count). The second-order valence-corrected chi connectivity index (χ2v) is 14.3. The first-order chi connectivity index (χ1) is 23.5. The number of aliphatic hydroxyl groups is 1. The topological polar surface area (TPSA) is 125 Å². The summed E-state index contributed by atoms with van der Waals surface area (Å²) in [5.74, 6) is -3.68. The number of anilines is 1. The smallest absolute Gasteiger partial charge is 0.313 e. The van der Waals surface area contributed by atoms with Gasteiger partial charge in [-0.2, -0.15) is 0 Å². The molecule has 49 heavy (non-hydrogen) atoms. The molecule has 0 aliphatic carbocycles. The summed E-state index contributed by atoms with van der Waals surface area (Å²) in [6.07, 6.45) is 3.19. The van der Waals surface area contributed by atoms with Crippen LogP contribution in [-0.4, -0.2) is 82.0 Å². The number of benzene rings is 2. The van der Waals surface area contributed by atoms with Gasteiger partial charge in [0.1, 0.15) is 17.7 Å². The van der Waals surface area contributed by atoms with Crippen molar-refractivity contribution in [3.05, 3.63) is 90.5 Å². The lowest BCUT2D eigenvalue weighted by molar-refractivity contribution is -0.160. The monoisotopic (exact) mass is 735 g/mol. The minimum Gasteiger partial charge on any atom is -0.455 e. The van der Waals surface area contributed by atoms with Crippen LogP contribution in [0.15, 0.2) is 73.8 Å². The van der Waals surface area contributed by atoms with E-state index in [1.807, 2.05) is 69.3 Å². The molecule has 3 fully saturated rings. The van der Waals surface area contributed by atoms with Crippen molar-refractivity contribution >= 4 is 45.3 Å². The number of allylic oxidation sites excluding steroid dienone is 1. The van der Waals surface area contributed by atoms with E-state index in [1.165, 1.54) is 4.90 Å². The van der Waals surface area contributed by atoms with Gasteiger partial charge in [-0.25, -0.2) is 0 Å². The van der Waals surface area contributed by atoms with E-state index in [2.05, 4.69) is 34.4 Å². The van der Waals surface area contributed by atoms with Crippen molar-refractivity contribution in [1.82, 2.24) is 10.2 Å². The number of nitrogens with zero attached hydrogens (tertiary/aromatic N) is 2. The van der Waals surface area contributed by atoms with Crippen LogP contribution in [0.3, 0.4) is 0 Å². The van der Waals surface area contributed by atoms with Gasteiger partial charge in [0.25, 0.3) is 5.91 Å². The molecular weight excluding hydrogens is 690 g/mol. The Bertz CT molecular complexity index is 1580. The normalized spacial score (nSPS) is 26.5. The van der Waals surface area contributed by atoms with Crippen LogP contribution in [0.5, 0.6) is 0 Å². The first-order valence-corrected chi connectivity index (χ1v) is 17.8. The number of aliphatic hydroxyl groups excluding tert-OH is 1. The van der Waals surface area contributed by atoms with Gasteiger partial charge in [-0.05, 0) is 55.9 Å². The fraction of sp³-hybridized carbons (Fsp3) is 0.474. The summed E-state index contributed by atoms with van der Waals surface area (Å²) in [4.78, 5) is 59.1. The van der Waals surface area contributed by atoms with E-state index in [0.29, 0.717) is 30.5 Å². The molecule has 8 atom stereocenters. The van der Waals surface area contributed by atoms with Crippen LogP contribution >= 0.6 is 15.9 Å². The molecule has 3 aliphatic heterocycles. The summed E-state index contributed by atoms with van der Waals surface area (Å²) in [5.41, 5.74) is 1.86. The highest BCUT2D eigenvalue weighted by Gasteiger charge is 2.77. The van der Waals surface area contributed by atoms with Gasteiger partial charge in [-0.15, -0.1) is 13.2 Å². The highest BCUT2D eigenvalue weighted by Crippen LogP contribution is 2.61. The molecule has 1 unspecified atom stereocenters. The summed E-state index contributed by atoms with van der Waals surface area (Å²) < 4.78 is 12.9. The van der Waals surface area contributed by atoms with E-state index in [-0.39, 0.29) is 42.8 Å². The fourth-order valence-corrected chi connectivity index (χ4v) is 8.60. The van der Waals surface area contributed by atoms with Crippen LogP contribution in [-0.2, 0) is 28.7 Å². The molecular formula is C38H46BrN3O7. The number of amides is 3. The number of ether oxygens (including phenoxy) is 2. The Labute approximate surface area is 296 Å². The second-order valence-electron chi connectivity index (χ2n) is 13.1.